The van der Waals surface area contributed by atoms with E-state index in [4.69, 9.17) is 9.47 Å². The minimum atomic E-state index is -0.784. The molecule has 2 saturated heterocycles. The van der Waals surface area contributed by atoms with Crippen LogP contribution in [0.25, 0.3) is 0 Å². The Morgan fingerprint density at radius 1 is 1.31 bits per heavy atom. The van der Waals surface area contributed by atoms with Crippen LogP contribution < -0.4 is 0 Å². The fourth-order valence-corrected chi connectivity index (χ4v) is 6.29. The number of fused-ring (bicyclic) bond motifs is 1. The highest BCUT2D eigenvalue weighted by atomic mass is 32.2. The number of amides is 2. The molecule has 3 aliphatic heterocycles. The minimum absolute atomic E-state index is 0.0574. The topological polar surface area (TPSA) is 96.4 Å². The second-order valence-electron chi connectivity index (χ2n) is 6.95. The summed E-state index contributed by atoms with van der Waals surface area (Å²) in [6.07, 6.45) is 1.85. The molecule has 3 aliphatic rings. The largest absolute Gasteiger partial charge is 0.457 e. The van der Waals surface area contributed by atoms with Crippen molar-refractivity contribution in [1.82, 2.24) is 9.80 Å². The third-order valence-corrected chi connectivity index (χ3v) is 7.67. The molecule has 0 aromatic rings. The van der Waals surface area contributed by atoms with Crippen molar-refractivity contribution in [1.29, 1.82) is 0 Å². The van der Waals surface area contributed by atoms with E-state index in [-0.39, 0.29) is 42.2 Å². The summed E-state index contributed by atoms with van der Waals surface area (Å²) in [5, 5.41) is 9.59. The third kappa shape index (κ3) is 4.34. The number of thioether (sulfide) groups is 2. The van der Waals surface area contributed by atoms with Crippen molar-refractivity contribution >= 4 is 41.5 Å². The van der Waals surface area contributed by atoms with Crippen molar-refractivity contribution < 1.29 is 29.0 Å². The molecule has 0 saturated carbocycles. The SMILES string of the molecule is C=CCOC(=O)C1=C(SCC2CN(C(=O)OCC=C)C2)S[C@@H]2[C@@H]([C@@H](C)O)C(=O)N12. The van der Waals surface area contributed by atoms with Crippen LogP contribution in [0, 0.1) is 11.8 Å². The van der Waals surface area contributed by atoms with Gasteiger partial charge in [0.15, 0.2) is 5.70 Å². The maximum Gasteiger partial charge on any atom is 0.410 e. The van der Waals surface area contributed by atoms with Crippen molar-refractivity contribution in [2.45, 2.75) is 18.4 Å². The van der Waals surface area contributed by atoms with Gasteiger partial charge in [0.2, 0.25) is 5.91 Å². The summed E-state index contributed by atoms with van der Waals surface area (Å²) in [5.41, 5.74) is 0.246. The van der Waals surface area contributed by atoms with Gasteiger partial charge < -0.3 is 19.5 Å². The molecule has 0 spiro atoms. The number of rotatable bonds is 9. The van der Waals surface area contributed by atoms with Crippen molar-refractivity contribution in [2.24, 2.45) is 11.8 Å². The molecule has 0 aromatic heterocycles. The van der Waals surface area contributed by atoms with Crippen molar-refractivity contribution in [2.75, 3.05) is 32.1 Å². The van der Waals surface area contributed by atoms with Gasteiger partial charge in [0.25, 0.3) is 0 Å². The predicted octanol–water partition coefficient (Wildman–Crippen LogP) is 1.78. The quantitative estimate of drug-likeness (QED) is 0.329. The average molecular weight is 441 g/mol. The zero-order valence-corrected chi connectivity index (χ0v) is 17.7. The molecule has 3 atom stereocenters. The van der Waals surface area contributed by atoms with E-state index in [2.05, 4.69) is 13.2 Å². The number of carbonyl (C=O) groups is 3. The molecule has 0 aliphatic carbocycles. The molecule has 2 fully saturated rings. The van der Waals surface area contributed by atoms with Gasteiger partial charge in [0.1, 0.15) is 18.6 Å². The lowest BCUT2D eigenvalue weighted by Gasteiger charge is -2.43. The molecule has 0 unspecified atom stereocenters. The lowest BCUT2D eigenvalue weighted by atomic mass is 9.92. The second kappa shape index (κ2) is 9.27. The zero-order chi connectivity index (χ0) is 21.1. The summed E-state index contributed by atoms with van der Waals surface area (Å²) in [4.78, 5) is 39.8. The number of carbonyl (C=O) groups excluding carboxylic acids is 3. The van der Waals surface area contributed by atoms with Crippen molar-refractivity contribution in [3.63, 3.8) is 0 Å². The van der Waals surface area contributed by atoms with Crippen molar-refractivity contribution in [3.8, 4) is 0 Å². The Bertz CT molecular complexity index is 747. The Morgan fingerprint density at radius 2 is 1.97 bits per heavy atom. The van der Waals surface area contributed by atoms with Crippen LogP contribution in [0.15, 0.2) is 35.2 Å². The number of hydrogen-bond donors (Lipinski definition) is 1. The van der Waals surface area contributed by atoms with Crippen LogP contribution in [0.3, 0.4) is 0 Å². The first kappa shape index (κ1) is 21.8. The summed E-state index contributed by atoms with van der Waals surface area (Å²) < 4.78 is 10.9. The summed E-state index contributed by atoms with van der Waals surface area (Å²) in [6.45, 7) is 10.0. The summed E-state index contributed by atoms with van der Waals surface area (Å²) >= 11 is 2.89. The Balaban J connectivity index is 1.60. The number of ether oxygens (including phenoxy) is 2. The van der Waals surface area contributed by atoms with Crippen LogP contribution in [-0.2, 0) is 19.1 Å². The summed E-state index contributed by atoms with van der Waals surface area (Å²) in [7, 11) is 0. The standard InChI is InChI=1S/C19H24N2O6S2/c1-4-6-26-17(24)14-18(29-16-13(11(3)22)15(23)21(14)16)28-10-12-8-20(9-12)19(25)27-7-5-2/h4-5,11-13,16,22H,1-2,6-10H2,3H3/t11-,13+,16-/m1/s1. The number of nitrogens with zero attached hydrogens (tertiary/aromatic N) is 2. The number of aliphatic hydroxyl groups is 1. The highest BCUT2D eigenvalue weighted by Gasteiger charge is 2.58. The first-order chi connectivity index (χ1) is 13.9. The van der Waals surface area contributed by atoms with Crippen LogP contribution in [-0.4, -0.2) is 76.4 Å². The lowest BCUT2D eigenvalue weighted by molar-refractivity contribution is -0.157. The van der Waals surface area contributed by atoms with Crippen LogP contribution in [0.4, 0.5) is 4.79 Å². The fraction of sp³-hybridized carbons (Fsp3) is 0.526. The molecule has 10 heteroatoms. The average Bonchev–Trinajstić information content (AvgIpc) is 2.96. The Labute approximate surface area is 177 Å². The van der Waals surface area contributed by atoms with Gasteiger partial charge in [-0.3, -0.25) is 9.69 Å². The smallest absolute Gasteiger partial charge is 0.410 e. The predicted molar refractivity (Wildman–Crippen MR) is 111 cm³/mol. The molecule has 0 aromatic carbocycles. The lowest BCUT2D eigenvalue weighted by Crippen LogP contribution is -2.60. The van der Waals surface area contributed by atoms with E-state index < -0.39 is 18.0 Å². The third-order valence-electron chi connectivity index (χ3n) is 4.78. The van der Waals surface area contributed by atoms with Crippen LogP contribution in [0.2, 0.25) is 0 Å². The van der Waals surface area contributed by atoms with Gasteiger partial charge in [-0.2, -0.15) is 0 Å². The van der Waals surface area contributed by atoms with Gasteiger partial charge in [-0.05, 0) is 6.92 Å². The van der Waals surface area contributed by atoms with E-state index in [1.165, 1.54) is 40.6 Å². The molecular weight excluding hydrogens is 416 g/mol. The molecule has 0 bridgehead atoms. The minimum Gasteiger partial charge on any atom is -0.457 e. The molecule has 29 heavy (non-hydrogen) atoms. The molecule has 2 amide bonds. The number of hydrogen-bond acceptors (Lipinski definition) is 8. The fourth-order valence-electron chi connectivity index (χ4n) is 3.28. The summed E-state index contributed by atoms with van der Waals surface area (Å²) in [5.74, 6) is -0.396. The van der Waals surface area contributed by atoms with E-state index in [9.17, 15) is 19.5 Å². The number of β-lactam (4-membered cyclic amide) rings is 1. The second-order valence-corrected chi connectivity index (χ2v) is 9.37. The molecule has 0 radical (unpaired) electrons. The Morgan fingerprint density at radius 3 is 2.59 bits per heavy atom. The normalized spacial score (nSPS) is 24.4. The first-order valence-electron chi connectivity index (χ1n) is 9.24. The Hall–Kier alpha value is -1.91. The Kier molecular flexibility index (Phi) is 6.97. The van der Waals surface area contributed by atoms with Gasteiger partial charge in [-0.15, -0.1) is 11.8 Å². The van der Waals surface area contributed by atoms with Crippen molar-refractivity contribution in [3.05, 3.63) is 35.2 Å². The zero-order valence-electron chi connectivity index (χ0n) is 16.1. The van der Waals surface area contributed by atoms with E-state index in [0.717, 1.165) is 0 Å². The van der Waals surface area contributed by atoms with E-state index in [1.54, 1.807) is 11.8 Å². The van der Waals surface area contributed by atoms with Gasteiger partial charge in [0, 0.05) is 24.8 Å². The van der Waals surface area contributed by atoms with E-state index in [1.807, 2.05) is 0 Å². The van der Waals surface area contributed by atoms with Gasteiger partial charge >= 0.3 is 12.1 Å². The highest BCUT2D eigenvalue weighted by molar-refractivity contribution is 8.22. The highest BCUT2D eigenvalue weighted by Crippen LogP contribution is 2.54. The monoisotopic (exact) mass is 440 g/mol. The maximum atomic E-state index is 12.5. The van der Waals surface area contributed by atoms with Crippen LogP contribution >= 0.6 is 23.5 Å². The van der Waals surface area contributed by atoms with Gasteiger partial charge in [-0.25, -0.2) is 9.59 Å². The van der Waals surface area contributed by atoms with Crippen LogP contribution in [0.1, 0.15) is 6.92 Å². The molecule has 3 heterocycles. The molecular formula is C19H24N2O6S2. The number of aliphatic hydroxyl groups excluding tert-OH is 1. The van der Waals surface area contributed by atoms with E-state index >= 15 is 0 Å². The molecule has 3 rings (SSSR count). The molecule has 8 nitrogen and oxygen atoms in total. The molecule has 1 N–H and O–H groups in total. The van der Waals surface area contributed by atoms with E-state index in [0.29, 0.717) is 23.1 Å². The van der Waals surface area contributed by atoms with Gasteiger partial charge in [-0.1, -0.05) is 37.1 Å². The number of likely N-dealkylation sites (tertiary alicyclic amines) is 1. The number of esters is 1. The van der Waals surface area contributed by atoms with Crippen LogP contribution in [0.5, 0.6) is 0 Å². The summed E-state index contributed by atoms with van der Waals surface area (Å²) in [6, 6.07) is 0. The first-order valence-corrected chi connectivity index (χ1v) is 11.1. The van der Waals surface area contributed by atoms with Gasteiger partial charge in [0.05, 0.1) is 16.3 Å². The maximum absolute atomic E-state index is 12.5. The molecule has 158 valence electrons.